The van der Waals surface area contributed by atoms with Crippen LogP contribution in [0.3, 0.4) is 0 Å². The van der Waals surface area contributed by atoms with E-state index in [4.69, 9.17) is 5.73 Å². The standard InChI is InChI=1S/C10H8F3N3O/c11-6-2-8(13)9(3-7(6)12)16-10(17)1-5(4-14)15-16/h2-3H,1,4,14H2. The lowest BCUT2D eigenvalue weighted by Crippen LogP contribution is -2.21. The maximum absolute atomic E-state index is 13.4. The fourth-order valence-corrected chi connectivity index (χ4v) is 1.46. The first-order valence-corrected chi connectivity index (χ1v) is 4.77. The molecule has 7 heteroatoms. The van der Waals surface area contributed by atoms with Gasteiger partial charge in [-0.05, 0) is 0 Å². The first kappa shape index (κ1) is 11.6. The van der Waals surface area contributed by atoms with Gasteiger partial charge in [-0.2, -0.15) is 10.1 Å². The van der Waals surface area contributed by atoms with Gasteiger partial charge in [0, 0.05) is 18.7 Å². The summed E-state index contributed by atoms with van der Waals surface area (Å²) in [6, 6.07) is 0.958. The van der Waals surface area contributed by atoms with Crippen molar-refractivity contribution in [1.29, 1.82) is 0 Å². The number of hydrazone groups is 1. The van der Waals surface area contributed by atoms with Crippen LogP contribution in [0.1, 0.15) is 6.42 Å². The summed E-state index contributed by atoms with van der Waals surface area (Å²) < 4.78 is 39.1. The first-order chi connectivity index (χ1) is 8.02. The van der Waals surface area contributed by atoms with E-state index < -0.39 is 29.0 Å². The Bertz CT molecular complexity index is 516. The molecule has 0 unspecified atom stereocenters. The van der Waals surface area contributed by atoms with E-state index in [-0.39, 0.29) is 13.0 Å². The van der Waals surface area contributed by atoms with Gasteiger partial charge in [0.1, 0.15) is 5.69 Å². The topological polar surface area (TPSA) is 58.7 Å². The second-order valence-corrected chi connectivity index (χ2v) is 3.47. The van der Waals surface area contributed by atoms with Gasteiger partial charge in [-0.3, -0.25) is 4.79 Å². The molecule has 0 radical (unpaired) electrons. The highest BCUT2D eigenvalue weighted by atomic mass is 19.2. The Balaban J connectivity index is 2.44. The molecule has 0 bridgehead atoms. The normalized spacial score (nSPS) is 15.4. The molecule has 0 aromatic heterocycles. The van der Waals surface area contributed by atoms with Crippen molar-refractivity contribution >= 4 is 17.3 Å². The van der Waals surface area contributed by atoms with Crippen molar-refractivity contribution in [3.05, 3.63) is 29.6 Å². The quantitative estimate of drug-likeness (QED) is 0.792. The third-order valence-electron chi connectivity index (χ3n) is 2.29. The summed E-state index contributed by atoms with van der Waals surface area (Å²) in [7, 11) is 0. The summed E-state index contributed by atoms with van der Waals surface area (Å²) in [5.41, 5.74) is 5.23. The fourth-order valence-electron chi connectivity index (χ4n) is 1.46. The molecule has 17 heavy (non-hydrogen) atoms. The highest BCUT2D eigenvalue weighted by molar-refractivity contribution is 6.13. The largest absolute Gasteiger partial charge is 0.325 e. The molecule has 0 aliphatic carbocycles. The number of rotatable bonds is 2. The third-order valence-corrected chi connectivity index (χ3v) is 2.29. The predicted molar refractivity (Wildman–Crippen MR) is 54.9 cm³/mol. The lowest BCUT2D eigenvalue weighted by Gasteiger charge is -2.12. The SMILES string of the molecule is NCC1=NN(c2cc(F)c(F)cc2F)C(=O)C1. The summed E-state index contributed by atoms with van der Waals surface area (Å²) >= 11 is 0. The minimum Gasteiger partial charge on any atom is -0.325 e. The second-order valence-electron chi connectivity index (χ2n) is 3.47. The number of carbonyl (C=O) groups excluding carboxylic acids is 1. The number of hydrogen-bond acceptors (Lipinski definition) is 3. The molecular formula is C10H8F3N3O. The summed E-state index contributed by atoms with van der Waals surface area (Å²) in [6.07, 6.45) is -0.0467. The van der Waals surface area contributed by atoms with Crippen LogP contribution in [0.2, 0.25) is 0 Å². The van der Waals surface area contributed by atoms with Crippen LogP contribution in [0.5, 0.6) is 0 Å². The maximum atomic E-state index is 13.4. The van der Waals surface area contributed by atoms with Crippen molar-refractivity contribution in [2.75, 3.05) is 11.6 Å². The van der Waals surface area contributed by atoms with Gasteiger partial charge in [-0.25, -0.2) is 13.2 Å². The highest BCUT2D eigenvalue weighted by Crippen LogP contribution is 2.26. The molecule has 0 saturated heterocycles. The van der Waals surface area contributed by atoms with Gasteiger partial charge in [0.15, 0.2) is 17.5 Å². The first-order valence-electron chi connectivity index (χ1n) is 4.77. The molecule has 1 aliphatic heterocycles. The molecular weight excluding hydrogens is 235 g/mol. The van der Waals surface area contributed by atoms with Crippen molar-refractivity contribution in [1.82, 2.24) is 0 Å². The zero-order chi connectivity index (χ0) is 12.6. The van der Waals surface area contributed by atoms with Crippen molar-refractivity contribution in [2.24, 2.45) is 10.8 Å². The Kier molecular flexibility index (Phi) is 2.84. The fraction of sp³-hybridized carbons (Fsp3) is 0.200. The van der Waals surface area contributed by atoms with Crippen molar-refractivity contribution < 1.29 is 18.0 Å². The molecule has 1 aromatic rings. The summed E-state index contributed by atoms with van der Waals surface area (Å²) in [6.45, 7) is 0.0491. The van der Waals surface area contributed by atoms with Gasteiger partial charge in [-0.15, -0.1) is 0 Å². The summed E-state index contributed by atoms with van der Waals surface area (Å²) in [5.74, 6) is -4.15. The van der Waals surface area contributed by atoms with E-state index in [0.29, 0.717) is 22.9 Å². The van der Waals surface area contributed by atoms with Gasteiger partial charge in [0.25, 0.3) is 5.91 Å². The van der Waals surface area contributed by atoms with Crippen LogP contribution in [-0.4, -0.2) is 18.2 Å². The Morgan fingerprint density at radius 2 is 1.88 bits per heavy atom. The number of carbonyl (C=O) groups is 1. The molecule has 2 rings (SSSR count). The number of nitrogens with zero attached hydrogens (tertiary/aromatic N) is 2. The monoisotopic (exact) mass is 243 g/mol. The number of anilines is 1. The van der Waals surface area contributed by atoms with Crippen LogP contribution in [0.15, 0.2) is 17.2 Å². The summed E-state index contributed by atoms with van der Waals surface area (Å²) in [5, 5.41) is 4.43. The number of nitrogens with two attached hydrogens (primary N) is 1. The Morgan fingerprint density at radius 3 is 2.47 bits per heavy atom. The van der Waals surface area contributed by atoms with Gasteiger partial charge in [0.05, 0.1) is 12.1 Å². The molecule has 1 amide bonds. The number of hydrogen-bond donors (Lipinski definition) is 1. The zero-order valence-corrected chi connectivity index (χ0v) is 8.58. The van der Waals surface area contributed by atoms with Gasteiger partial charge in [-0.1, -0.05) is 0 Å². The van der Waals surface area contributed by atoms with E-state index in [0.717, 1.165) is 0 Å². The Labute approximate surface area is 94.5 Å². The van der Waals surface area contributed by atoms with Crippen LogP contribution >= 0.6 is 0 Å². The zero-order valence-electron chi connectivity index (χ0n) is 8.58. The van der Waals surface area contributed by atoms with E-state index in [2.05, 4.69) is 5.10 Å². The van der Waals surface area contributed by atoms with Crippen LogP contribution in [0, 0.1) is 17.5 Å². The molecule has 2 N–H and O–H groups in total. The number of benzene rings is 1. The average Bonchev–Trinajstić information content (AvgIpc) is 2.65. The van der Waals surface area contributed by atoms with Crippen LogP contribution < -0.4 is 10.7 Å². The van der Waals surface area contributed by atoms with Gasteiger partial charge in [0.2, 0.25) is 0 Å². The second kappa shape index (κ2) is 4.17. The van der Waals surface area contributed by atoms with E-state index in [1.165, 1.54) is 0 Å². The molecule has 0 saturated carbocycles. The maximum Gasteiger partial charge on any atom is 0.253 e. The molecule has 0 fully saturated rings. The van der Waals surface area contributed by atoms with Crippen molar-refractivity contribution in [3.8, 4) is 0 Å². The number of halogens is 3. The van der Waals surface area contributed by atoms with Crippen LogP contribution in [-0.2, 0) is 4.79 Å². The third kappa shape index (κ3) is 2.01. The molecule has 90 valence electrons. The van der Waals surface area contributed by atoms with E-state index in [1.807, 2.05) is 0 Å². The highest BCUT2D eigenvalue weighted by Gasteiger charge is 2.27. The predicted octanol–water partition coefficient (Wildman–Crippen LogP) is 1.16. The van der Waals surface area contributed by atoms with Gasteiger partial charge >= 0.3 is 0 Å². The Morgan fingerprint density at radius 1 is 1.24 bits per heavy atom. The lowest BCUT2D eigenvalue weighted by atomic mass is 10.2. The summed E-state index contributed by atoms with van der Waals surface area (Å²) in [4.78, 5) is 11.5. The molecule has 1 aromatic carbocycles. The van der Waals surface area contributed by atoms with Crippen molar-refractivity contribution in [2.45, 2.75) is 6.42 Å². The number of amides is 1. The minimum absolute atomic E-state index is 0.0467. The molecule has 0 atom stereocenters. The minimum atomic E-state index is -1.32. The molecule has 1 aliphatic rings. The van der Waals surface area contributed by atoms with E-state index in [1.54, 1.807) is 0 Å². The van der Waals surface area contributed by atoms with Crippen LogP contribution in [0.4, 0.5) is 18.9 Å². The lowest BCUT2D eigenvalue weighted by molar-refractivity contribution is -0.116. The van der Waals surface area contributed by atoms with E-state index in [9.17, 15) is 18.0 Å². The Hall–Kier alpha value is -1.89. The van der Waals surface area contributed by atoms with E-state index >= 15 is 0 Å². The molecule has 4 nitrogen and oxygen atoms in total. The van der Waals surface area contributed by atoms with Crippen LogP contribution in [0.25, 0.3) is 0 Å². The van der Waals surface area contributed by atoms with Gasteiger partial charge < -0.3 is 5.73 Å². The smallest absolute Gasteiger partial charge is 0.253 e. The van der Waals surface area contributed by atoms with Crippen molar-refractivity contribution in [3.63, 3.8) is 0 Å². The average molecular weight is 243 g/mol. The molecule has 1 heterocycles. The molecule has 0 spiro atoms.